The lowest BCUT2D eigenvalue weighted by Gasteiger charge is -2.25. The molecule has 0 bridgehead atoms. The second-order valence-corrected chi connectivity index (χ2v) is 6.04. The molecule has 1 aromatic carbocycles. The Bertz CT molecular complexity index is 548. The smallest absolute Gasteiger partial charge is 0.176 e. The maximum Gasteiger partial charge on any atom is 0.176 e. The summed E-state index contributed by atoms with van der Waals surface area (Å²) in [7, 11) is 0. The molecule has 0 aliphatic carbocycles. The number of rotatable bonds is 6. The van der Waals surface area contributed by atoms with Gasteiger partial charge in [0, 0.05) is 23.0 Å². The molecule has 0 aliphatic heterocycles. The predicted molar refractivity (Wildman–Crippen MR) is 80.6 cm³/mol. The minimum Gasteiger partial charge on any atom is -0.293 e. The molecule has 0 spiro atoms. The molecule has 106 valence electrons. The van der Waals surface area contributed by atoms with Crippen LogP contribution in [0.5, 0.6) is 0 Å². The van der Waals surface area contributed by atoms with E-state index in [4.69, 9.17) is 0 Å². The average molecular weight is 291 g/mol. The first-order valence-electron chi connectivity index (χ1n) is 6.61. The molecule has 0 N–H and O–H groups in total. The Morgan fingerprint density at radius 2 is 1.95 bits per heavy atom. The van der Waals surface area contributed by atoms with Crippen molar-refractivity contribution >= 4 is 17.1 Å². The summed E-state index contributed by atoms with van der Waals surface area (Å²) < 4.78 is 12.9. The summed E-state index contributed by atoms with van der Waals surface area (Å²) in [6.45, 7) is 5.26. The van der Waals surface area contributed by atoms with Crippen LogP contribution < -0.4 is 0 Å². The summed E-state index contributed by atoms with van der Waals surface area (Å²) >= 11 is 1.69. The van der Waals surface area contributed by atoms with Gasteiger partial charge in [0.25, 0.3) is 0 Å². The van der Waals surface area contributed by atoms with E-state index in [-0.39, 0.29) is 17.6 Å². The van der Waals surface area contributed by atoms with Crippen molar-refractivity contribution in [2.75, 3.05) is 6.54 Å². The fourth-order valence-electron chi connectivity index (χ4n) is 1.94. The van der Waals surface area contributed by atoms with E-state index >= 15 is 0 Å². The van der Waals surface area contributed by atoms with E-state index in [9.17, 15) is 9.18 Å². The highest BCUT2D eigenvalue weighted by molar-refractivity contribution is 7.09. The number of hydrogen-bond acceptors (Lipinski definition) is 3. The van der Waals surface area contributed by atoms with Crippen LogP contribution in [0.3, 0.4) is 0 Å². The van der Waals surface area contributed by atoms with E-state index in [0.29, 0.717) is 12.1 Å². The maximum atomic E-state index is 12.9. The lowest BCUT2D eigenvalue weighted by Crippen LogP contribution is -2.35. The first kappa shape index (κ1) is 14.9. The first-order valence-corrected chi connectivity index (χ1v) is 7.49. The van der Waals surface area contributed by atoms with Crippen LogP contribution in [0.2, 0.25) is 0 Å². The second kappa shape index (κ2) is 6.77. The molecule has 0 saturated heterocycles. The van der Waals surface area contributed by atoms with Gasteiger partial charge in [-0.2, -0.15) is 0 Å². The monoisotopic (exact) mass is 291 g/mol. The van der Waals surface area contributed by atoms with E-state index in [1.54, 1.807) is 23.5 Å². The Kier molecular flexibility index (Phi) is 5.04. The summed E-state index contributed by atoms with van der Waals surface area (Å²) in [5, 5.41) is 2.04. The van der Waals surface area contributed by atoms with Gasteiger partial charge in [-0.25, -0.2) is 4.39 Å². The first-order chi connectivity index (χ1) is 9.56. The zero-order valence-corrected chi connectivity index (χ0v) is 12.5. The summed E-state index contributed by atoms with van der Waals surface area (Å²) in [6, 6.07) is 10.1. The van der Waals surface area contributed by atoms with Crippen molar-refractivity contribution in [1.29, 1.82) is 0 Å². The molecule has 2 rings (SSSR count). The highest BCUT2D eigenvalue weighted by atomic mass is 32.1. The lowest BCUT2D eigenvalue weighted by molar-refractivity contribution is 0.0899. The summed E-state index contributed by atoms with van der Waals surface area (Å²) in [4.78, 5) is 15.6. The molecular weight excluding hydrogens is 273 g/mol. The number of benzene rings is 1. The normalized spacial score (nSPS) is 11.2. The van der Waals surface area contributed by atoms with E-state index in [0.717, 1.165) is 6.54 Å². The summed E-state index contributed by atoms with van der Waals surface area (Å²) in [5.74, 6) is -0.295. The number of carbonyl (C=O) groups is 1. The molecule has 0 atom stereocenters. The van der Waals surface area contributed by atoms with Gasteiger partial charge in [0.05, 0.1) is 6.54 Å². The number of hydrogen-bond donors (Lipinski definition) is 0. The minimum absolute atomic E-state index is 0.0234. The van der Waals surface area contributed by atoms with Crippen molar-refractivity contribution in [3.05, 3.63) is 58.0 Å². The number of halogens is 1. The van der Waals surface area contributed by atoms with Gasteiger partial charge in [-0.15, -0.1) is 11.3 Å². The third-order valence-electron chi connectivity index (χ3n) is 3.18. The fourth-order valence-corrected chi connectivity index (χ4v) is 2.66. The van der Waals surface area contributed by atoms with Crippen LogP contribution in [0.4, 0.5) is 4.39 Å². The van der Waals surface area contributed by atoms with Gasteiger partial charge in [-0.1, -0.05) is 6.07 Å². The second-order valence-electron chi connectivity index (χ2n) is 5.01. The molecule has 4 heteroatoms. The molecule has 2 aromatic rings. The van der Waals surface area contributed by atoms with Gasteiger partial charge in [-0.3, -0.25) is 9.69 Å². The van der Waals surface area contributed by atoms with E-state index in [1.165, 1.54) is 17.0 Å². The molecule has 0 unspecified atom stereocenters. The van der Waals surface area contributed by atoms with Gasteiger partial charge in [0.1, 0.15) is 5.82 Å². The van der Waals surface area contributed by atoms with E-state index in [2.05, 4.69) is 24.8 Å². The highest BCUT2D eigenvalue weighted by Gasteiger charge is 2.16. The van der Waals surface area contributed by atoms with Gasteiger partial charge < -0.3 is 0 Å². The van der Waals surface area contributed by atoms with E-state index in [1.807, 2.05) is 11.4 Å². The maximum absolute atomic E-state index is 12.9. The molecular formula is C16H18FNOS. The largest absolute Gasteiger partial charge is 0.293 e. The fraction of sp³-hybridized carbons (Fsp3) is 0.312. The SMILES string of the molecule is CC(C)N(CC(=O)c1ccc(F)cc1)Cc1cccs1. The molecule has 20 heavy (non-hydrogen) atoms. The lowest BCUT2D eigenvalue weighted by atomic mass is 10.1. The molecule has 0 radical (unpaired) electrons. The molecule has 0 saturated carbocycles. The van der Waals surface area contributed by atoms with Crippen LogP contribution in [0, 0.1) is 5.82 Å². The molecule has 0 fully saturated rings. The Morgan fingerprint density at radius 1 is 1.25 bits per heavy atom. The Morgan fingerprint density at radius 3 is 2.50 bits per heavy atom. The predicted octanol–water partition coefficient (Wildman–Crippen LogP) is 3.98. The Balaban J connectivity index is 2.04. The van der Waals surface area contributed by atoms with Crippen LogP contribution in [0.25, 0.3) is 0 Å². The highest BCUT2D eigenvalue weighted by Crippen LogP contribution is 2.15. The molecule has 0 aliphatic rings. The molecule has 1 aromatic heterocycles. The van der Waals surface area contributed by atoms with Crippen molar-refractivity contribution < 1.29 is 9.18 Å². The zero-order valence-electron chi connectivity index (χ0n) is 11.7. The number of Topliss-reactive ketones (excluding diaryl/α,β-unsaturated/α-hetero) is 1. The van der Waals surface area contributed by atoms with Crippen LogP contribution in [0.15, 0.2) is 41.8 Å². The van der Waals surface area contributed by atoms with Crippen molar-refractivity contribution in [1.82, 2.24) is 4.90 Å². The standard InChI is InChI=1S/C16H18FNOS/c1-12(2)18(10-15-4-3-9-20-15)11-16(19)13-5-7-14(17)8-6-13/h3-9,12H,10-11H2,1-2H3. The van der Waals surface area contributed by atoms with Crippen LogP contribution in [-0.4, -0.2) is 23.3 Å². The molecule has 1 heterocycles. The van der Waals surface area contributed by atoms with Gasteiger partial charge in [0.2, 0.25) is 0 Å². The van der Waals surface area contributed by atoms with Crippen LogP contribution >= 0.6 is 11.3 Å². The number of thiophene rings is 1. The van der Waals surface area contributed by atoms with Crippen molar-refractivity contribution in [2.24, 2.45) is 0 Å². The molecule has 0 amide bonds. The third-order valence-corrected chi connectivity index (χ3v) is 4.04. The Hall–Kier alpha value is -1.52. The quantitative estimate of drug-likeness (QED) is 0.750. The van der Waals surface area contributed by atoms with Gasteiger partial charge in [-0.05, 0) is 49.6 Å². The molecule has 2 nitrogen and oxygen atoms in total. The summed E-state index contributed by atoms with van der Waals surface area (Å²) in [5.41, 5.74) is 0.559. The van der Waals surface area contributed by atoms with E-state index < -0.39 is 0 Å². The van der Waals surface area contributed by atoms with Crippen molar-refractivity contribution in [3.8, 4) is 0 Å². The van der Waals surface area contributed by atoms with Crippen LogP contribution in [-0.2, 0) is 6.54 Å². The van der Waals surface area contributed by atoms with Crippen molar-refractivity contribution in [3.63, 3.8) is 0 Å². The van der Waals surface area contributed by atoms with Crippen LogP contribution in [0.1, 0.15) is 29.1 Å². The zero-order chi connectivity index (χ0) is 14.5. The van der Waals surface area contributed by atoms with Gasteiger partial charge >= 0.3 is 0 Å². The van der Waals surface area contributed by atoms with Crippen molar-refractivity contribution in [2.45, 2.75) is 26.4 Å². The minimum atomic E-state index is -0.319. The van der Waals surface area contributed by atoms with Gasteiger partial charge in [0.15, 0.2) is 5.78 Å². The average Bonchev–Trinajstić information content (AvgIpc) is 2.91. The Labute approximate surface area is 122 Å². The summed E-state index contributed by atoms with van der Waals surface area (Å²) in [6.07, 6.45) is 0. The third kappa shape index (κ3) is 3.99. The topological polar surface area (TPSA) is 20.3 Å². The number of nitrogens with zero attached hydrogens (tertiary/aromatic N) is 1. The number of ketones is 1. The number of carbonyl (C=O) groups excluding carboxylic acids is 1.